The molecule has 0 aliphatic carbocycles. The lowest BCUT2D eigenvalue weighted by Gasteiger charge is -2.36. The Kier molecular flexibility index (Phi) is 7.34. The van der Waals surface area contributed by atoms with Crippen molar-refractivity contribution in [1.82, 2.24) is 5.32 Å². The van der Waals surface area contributed by atoms with Crippen molar-refractivity contribution in [3.8, 4) is 5.75 Å². The van der Waals surface area contributed by atoms with Gasteiger partial charge in [-0.15, -0.1) is 0 Å². The quantitative estimate of drug-likeness (QED) is 0.400. The zero-order chi connectivity index (χ0) is 24.3. The van der Waals surface area contributed by atoms with E-state index < -0.39 is 26.1 Å². The Balaban J connectivity index is 1.65. The number of ketones is 1. The number of hydrogen-bond acceptors (Lipinski definition) is 5. The second-order valence-corrected chi connectivity index (χ2v) is 15.1. The average molecular weight is 470 g/mol. The summed E-state index contributed by atoms with van der Waals surface area (Å²) < 4.78 is 17.0. The van der Waals surface area contributed by atoms with E-state index in [2.05, 4.69) is 39.2 Å². The number of alkyl carbamates (subject to hydrolysis) is 1. The molecule has 7 heteroatoms. The summed E-state index contributed by atoms with van der Waals surface area (Å²) in [7, 11) is -1.93. The van der Waals surface area contributed by atoms with Crippen LogP contribution in [-0.4, -0.2) is 38.4 Å². The third kappa shape index (κ3) is 6.68. The van der Waals surface area contributed by atoms with E-state index in [1.54, 1.807) is 6.92 Å². The van der Waals surface area contributed by atoms with Gasteiger partial charge in [-0.2, -0.15) is 0 Å². The van der Waals surface area contributed by atoms with E-state index in [1.807, 2.05) is 54.6 Å². The Hall–Kier alpha value is -2.64. The standard InChI is InChI=1S/C26H35NO5Si/c1-25(2,3)33(5,6)32-21-14-12-19(13-15-21)16-22(23(28)26(4)18-31-26)27-24(29)30-17-20-10-8-7-9-11-20/h7-15,22H,16-18H2,1-6H3,(H,27,29)/t22-,26+/m0/s1. The first-order valence-electron chi connectivity index (χ1n) is 11.3. The van der Waals surface area contributed by atoms with Gasteiger partial charge in [0.05, 0.1) is 12.6 Å². The maximum absolute atomic E-state index is 13.0. The molecular formula is C26H35NO5Si. The molecular weight excluding hydrogens is 434 g/mol. The van der Waals surface area contributed by atoms with E-state index in [9.17, 15) is 9.59 Å². The monoisotopic (exact) mass is 469 g/mol. The Labute approximate surface area is 197 Å². The molecule has 33 heavy (non-hydrogen) atoms. The molecule has 1 fully saturated rings. The molecule has 2 aromatic carbocycles. The zero-order valence-corrected chi connectivity index (χ0v) is 21.4. The third-order valence-corrected chi connectivity index (χ3v) is 10.8. The molecule has 1 N–H and O–H groups in total. The lowest BCUT2D eigenvalue weighted by molar-refractivity contribution is -0.125. The lowest BCUT2D eigenvalue weighted by atomic mass is 9.95. The molecule has 6 nitrogen and oxygen atoms in total. The largest absolute Gasteiger partial charge is 0.544 e. The second-order valence-electron chi connectivity index (χ2n) is 10.4. The van der Waals surface area contributed by atoms with Gasteiger partial charge >= 0.3 is 6.09 Å². The number of Topliss-reactive ketones (excluding diaryl/α,β-unsaturated/α-hetero) is 1. The van der Waals surface area contributed by atoms with Gasteiger partial charge in [0.15, 0.2) is 5.78 Å². The summed E-state index contributed by atoms with van der Waals surface area (Å²) in [5.74, 6) is 0.668. The number of carbonyl (C=O) groups is 2. The van der Waals surface area contributed by atoms with E-state index in [-0.39, 0.29) is 17.4 Å². The first-order chi connectivity index (χ1) is 15.4. The highest BCUT2D eigenvalue weighted by atomic mass is 28.4. The highest BCUT2D eigenvalue weighted by Gasteiger charge is 2.50. The molecule has 1 amide bonds. The summed E-state index contributed by atoms with van der Waals surface area (Å²) in [6.45, 7) is 13.3. The topological polar surface area (TPSA) is 77.2 Å². The van der Waals surface area contributed by atoms with Crippen molar-refractivity contribution >= 4 is 20.2 Å². The summed E-state index contributed by atoms with van der Waals surface area (Å²) in [6, 6.07) is 16.4. The van der Waals surface area contributed by atoms with Crippen LogP contribution in [-0.2, 0) is 27.3 Å². The van der Waals surface area contributed by atoms with Gasteiger partial charge in [-0.3, -0.25) is 4.79 Å². The molecule has 0 spiro atoms. The number of rotatable bonds is 9. The SMILES string of the molecule is CC(C)(C)[Si](C)(C)Oc1ccc(C[C@H](NC(=O)OCc2ccccc2)C(=O)[C@@]2(C)CO2)cc1. The first kappa shape index (κ1) is 25.0. The molecule has 2 aromatic rings. The molecule has 178 valence electrons. The summed E-state index contributed by atoms with van der Waals surface area (Å²) in [5.41, 5.74) is 0.955. The second kappa shape index (κ2) is 9.69. The van der Waals surface area contributed by atoms with Crippen molar-refractivity contribution < 1.29 is 23.5 Å². The van der Waals surface area contributed by atoms with Gasteiger partial charge in [-0.25, -0.2) is 4.79 Å². The average Bonchev–Trinajstić information content (AvgIpc) is 3.51. The molecule has 2 atom stereocenters. The normalized spacial score (nSPS) is 18.8. The molecule has 0 bridgehead atoms. The maximum Gasteiger partial charge on any atom is 0.408 e. The fourth-order valence-electron chi connectivity index (χ4n) is 3.11. The van der Waals surface area contributed by atoms with Crippen molar-refractivity contribution in [3.05, 3.63) is 65.7 Å². The number of ether oxygens (including phenoxy) is 2. The highest BCUT2D eigenvalue weighted by molar-refractivity contribution is 6.74. The minimum atomic E-state index is -1.93. The van der Waals surface area contributed by atoms with Gasteiger partial charge < -0.3 is 19.2 Å². The number of epoxide rings is 1. The van der Waals surface area contributed by atoms with Crippen LogP contribution < -0.4 is 9.74 Å². The molecule has 3 rings (SSSR count). The summed E-state index contributed by atoms with van der Waals surface area (Å²) >= 11 is 0. The summed E-state index contributed by atoms with van der Waals surface area (Å²) in [6.07, 6.45) is -0.280. The molecule has 1 aliphatic rings. The van der Waals surface area contributed by atoms with Crippen LogP contribution in [0.1, 0.15) is 38.8 Å². The van der Waals surface area contributed by atoms with E-state index in [1.165, 1.54) is 0 Å². The predicted molar refractivity (Wildman–Crippen MR) is 131 cm³/mol. The van der Waals surface area contributed by atoms with Crippen LogP contribution in [0.5, 0.6) is 5.75 Å². The lowest BCUT2D eigenvalue weighted by Crippen LogP contribution is -2.47. The Morgan fingerprint density at radius 3 is 2.21 bits per heavy atom. The van der Waals surface area contributed by atoms with E-state index in [4.69, 9.17) is 13.9 Å². The predicted octanol–water partition coefficient (Wildman–Crippen LogP) is 5.27. The van der Waals surface area contributed by atoms with Crippen molar-refractivity contribution in [2.24, 2.45) is 0 Å². The van der Waals surface area contributed by atoms with Gasteiger partial charge in [0.1, 0.15) is 18.0 Å². The molecule has 1 saturated heterocycles. The minimum absolute atomic E-state index is 0.104. The van der Waals surface area contributed by atoms with Gasteiger partial charge in [0, 0.05) is 0 Å². The first-order valence-corrected chi connectivity index (χ1v) is 14.2. The molecule has 0 aromatic heterocycles. The van der Waals surface area contributed by atoms with Crippen LogP contribution in [0.25, 0.3) is 0 Å². The highest BCUT2D eigenvalue weighted by Crippen LogP contribution is 2.37. The van der Waals surface area contributed by atoms with Crippen LogP contribution in [0.4, 0.5) is 4.79 Å². The number of amides is 1. The number of nitrogens with one attached hydrogen (secondary N) is 1. The zero-order valence-electron chi connectivity index (χ0n) is 20.4. The van der Waals surface area contributed by atoms with Crippen molar-refractivity contribution in [2.45, 2.75) is 70.5 Å². The van der Waals surface area contributed by atoms with Crippen molar-refractivity contribution in [3.63, 3.8) is 0 Å². The van der Waals surface area contributed by atoms with Crippen molar-refractivity contribution in [2.75, 3.05) is 6.61 Å². The van der Waals surface area contributed by atoms with E-state index in [0.29, 0.717) is 13.0 Å². The number of benzene rings is 2. The Morgan fingerprint density at radius 1 is 1.06 bits per heavy atom. The minimum Gasteiger partial charge on any atom is -0.544 e. The van der Waals surface area contributed by atoms with Crippen molar-refractivity contribution in [1.29, 1.82) is 0 Å². The maximum atomic E-state index is 13.0. The van der Waals surface area contributed by atoms with E-state index in [0.717, 1.165) is 16.9 Å². The van der Waals surface area contributed by atoms with Gasteiger partial charge in [-0.1, -0.05) is 63.2 Å². The third-order valence-electron chi connectivity index (χ3n) is 6.46. The molecule has 0 saturated carbocycles. The van der Waals surface area contributed by atoms with Crippen LogP contribution in [0.3, 0.4) is 0 Å². The molecule has 0 unspecified atom stereocenters. The fraction of sp³-hybridized carbons (Fsp3) is 0.462. The molecule has 1 aliphatic heterocycles. The van der Waals surface area contributed by atoms with Crippen LogP contribution in [0.2, 0.25) is 18.1 Å². The Bertz CT molecular complexity index is 962. The van der Waals surface area contributed by atoms with Gasteiger partial charge in [0.2, 0.25) is 8.32 Å². The number of carbonyl (C=O) groups excluding carboxylic acids is 2. The van der Waals surface area contributed by atoms with Crippen LogP contribution in [0.15, 0.2) is 54.6 Å². The molecule has 1 heterocycles. The smallest absolute Gasteiger partial charge is 0.408 e. The number of hydrogen-bond donors (Lipinski definition) is 1. The summed E-state index contributed by atoms with van der Waals surface area (Å²) in [5, 5.41) is 2.84. The Morgan fingerprint density at radius 2 is 1.67 bits per heavy atom. The van der Waals surface area contributed by atoms with Crippen LogP contribution in [0, 0.1) is 0 Å². The molecule has 0 radical (unpaired) electrons. The van der Waals surface area contributed by atoms with Crippen LogP contribution >= 0.6 is 0 Å². The van der Waals surface area contributed by atoms with E-state index >= 15 is 0 Å². The summed E-state index contributed by atoms with van der Waals surface area (Å²) in [4.78, 5) is 25.4. The van der Waals surface area contributed by atoms with Gasteiger partial charge in [-0.05, 0) is 54.7 Å². The van der Waals surface area contributed by atoms with Gasteiger partial charge in [0.25, 0.3) is 0 Å². The fourth-order valence-corrected chi connectivity index (χ4v) is 4.14.